The molecule has 0 N–H and O–H groups in total. The number of carbonyl (C=O) groups excluding carboxylic acids is 1. The number of esters is 1. The molecule has 98 valence electrons. The van der Waals surface area contributed by atoms with Gasteiger partial charge in [0.15, 0.2) is 0 Å². The van der Waals surface area contributed by atoms with Gasteiger partial charge in [-0.05, 0) is 12.0 Å². The van der Waals surface area contributed by atoms with E-state index in [9.17, 15) is 23.7 Å². The monoisotopic (exact) mass is 259 g/mol. The molecule has 5 nitrogen and oxygen atoms in total. The first-order chi connectivity index (χ1) is 8.32. The van der Waals surface area contributed by atoms with Gasteiger partial charge in [-0.1, -0.05) is 13.8 Å². The average Bonchev–Trinajstić information content (AvgIpc) is 2.28. The summed E-state index contributed by atoms with van der Waals surface area (Å²) in [5, 5.41) is 10.5. The minimum absolute atomic E-state index is 0.0144. The van der Waals surface area contributed by atoms with Crippen LogP contribution in [0.25, 0.3) is 0 Å². The van der Waals surface area contributed by atoms with Crippen LogP contribution in [-0.4, -0.2) is 17.5 Å². The lowest BCUT2D eigenvalue weighted by Crippen LogP contribution is -2.13. The molecule has 0 saturated heterocycles. The zero-order valence-corrected chi connectivity index (χ0v) is 9.78. The quantitative estimate of drug-likeness (QED) is 0.473. The van der Waals surface area contributed by atoms with E-state index >= 15 is 0 Å². The molecule has 0 fully saturated rings. The molecule has 0 aliphatic carbocycles. The predicted molar refractivity (Wildman–Crippen MR) is 58.1 cm³/mol. The summed E-state index contributed by atoms with van der Waals surface area (Å²) >= 11 is 0. The number of nitro groups is 1. The number of ether oxygens (including phenoxy) is 1. The van der Waals surface area contributed by atoms with Crippen LogP contribution >= 0.6 is 0 Å². The van der Waals surface area contributed by atoms with Gasteiger partial charge in [0.25, 0.3) is 0 Å². The van der Waals surface area contributed by atoms with E-state index in [-0.39, 0.29) is 12.5 Å². The molecule has 0 aromatic heterocycles. The van der Waals surface area contributed by atoms with Gasteiger partial charge in [-0.3, -0.25) is 10.1 Å². The van der Waals surface area contributed by atoms with Crippen LogP contribution in [0.2, 0.25) is 0 Å². The maximum absolute atomic E-state index is 13.6. The number of halogens is 2. The Bertz CT molecular complexity index is 488. The summed E-state index contributed by atoms with van der Waals surface area (Å²) in [6.45, 7) is 3.54. The summed E-state index contributed by atoms with van der Waals surface area (Å²) < 4.78 is 31.3. The van der Waals surface area contributed by atoms with Gasteiger partial charge in [-0.2, -0.15) is 4.39 Å². The normalized spacial score (nSPS) is 10.5. The van der Waals surface area contributed by atoms with Gasteiger partial charge in [0, 0.05) is 0 Å². The molecule has 18 heavy (non-hydrogen) atoms. The Morgan fingerprint density at radius 1 is 1.44 bits per heavy atom. The molecule has 7 heteroatoms. The fourth-order valence-corrected chi connectivity index (χ4v) is 1.18. The van der Waals surface area contributed by atoms with Crippen molar-refractivity contribution < 1.29 is 23.2 Å². The molecule has 1 aromatic carbocycles. The SMILES string of the molecule is CC(C)COC(=O)c1cc(F)cc([N+](=O)[O-])c1F. The van der Waals surface area contributed by atoms with Gasteiger partial charge in [-0.15, -0.1) is 0 Å². The van der Waals surface area contributed by atoms with Crippen LogP contribution in [0.3, 0.4) is 0 Å². The van der Waals surface area contributed by atoms with Crippen molar-refractivity contribution in [2.24, 2.45) is 5.92 Å². The molecule has 0 aliphatic heterocycles. The molecular weight excluding hydrogens is 248 g/mol. The molecule has 0 spiro atoms. The highest BCUT2D eigenvalue weighted by atomic mass is 19.1. The van der Waals surface area contributed by atoms with E-state index in [4.69, 9.17) is 4.74 Å². The third kappa shape index (κ3) is 3.22. The lowest BCUT2D eigenvalue weighted by Gasteiger charge is -2.07. The Kier molecular flexibility index (Phi) is 4.30. The van der Waals surface area contributed by atoms with E-state index < -0.39 is 33.8 Å². The molecule has 1 rings (SSSR count). The van der Waals surface area contributed by atoms with Crippen LogP contribution in [0.5, 0.6) is 0 Å². The summed E-state index contributed by atoms with van der Waals surface area (Å²) in [5.74, 6) is -3.57. The highest BCUT2D eigenvalue weighted by Crippen LogP contribution is 2.23. The zero-order valence-electron chi connectivity index (χ0n) is 9.78. The molecular formula is C11H11F2NO4. The van der Waals surface area contributed by atoms with E-state index in [1.54, 1.807) is 13.8 Å². The van der Waals surface area contributed by atoms with Crippen LogP contribution in [0.1, 0.15) is 24.2 Å². The minimum atomic E-state index is -1.39. The molecule has 1 aromatic rings. The van der Waals surface area contributed by atoms with E-state index in [0.717, 1.165) is 0 Å². The van der Waals surface area contributed by atoms with Crippen molar-refractivity contribution in [3.05, 3.63) is 39.4 Å². The average molecular weight is 259 g/mol. The molecule has 0 heterocycles. The number of benzene rings is 1. The van der Waals surface area contributed by atoms with Crippen molar-refractivity contribution in [3.63, 3.8) is 0 Å². The standard InChI is InChI=1S/C11H11F2NO4/c1-6(2)5-18-11(15)8-3-7(12)4-9(10(8)13)14(16)17/h3-4,6H,5H2,1-2H3. The summed E-state index contributed by atoms with van der Waals surface area (Å²) in [7, 11) is 0. The third-order valence-electron chi connectivity index (χ3n) is 1.98. The number of hydrogen-bond acceptors (Lipinski definition) is 4. The molecule has 0 saturated carbocycles. The second kappa shape index (κ2) is 5.52. The maximum atomic E-state index is 13.6. The van der Waals surface area contributed by atoms with Crippen LogP contribution < -0.4 is 0 Å². The topological polar surface area (TPSA) is 69.4 Å². The fourth-order valence-electron chi connectivity index (χ4n) is 1.18. The predicted octanol–water partition coefficient (Wildman–Crippen LogP) is 2.69. The second-order valence-corrected chi connectivity index (χ2v) is 4.04. The first-order valence-corrected chi connectivity index (χ1v) is 5.13. The first-order valence-electron chi connectivity index (χ1n) is 5.13. The van der Waals surface area contributed by atoms with E-state index in [1.807, 2.05) is 0 Å². The first kappa shape index (κ1) is 14.0. The van der Waals surface area contributed by atoms with E-state index in [0.29, 0.717) is 12.1 Å². The Labute approximate surface area is 102 Å². The highest BCUT2D eigenvalue weighted by Gasteiger charge is 2.25. The van der Waals surface area contributed by atoms with Crippen molar-refractivity contribution >= 4 is 11.7 Å². The number of rotatable bonds is 4. The minimum Gasteiger partial charge on any atom is -0.462 e. The number of hydrogen-bond donors (Lipinski definition) is 0. The molecule has 0 radical (unpaired) electrons. The molecule has 0 atom stereocenters. The number of nitrogens with zero attached hydrogens (tertiary/aromatic N) is 1. The van der Waals surface area contributed by atoms with Gasteiger partial charge in [0.05, 0.1) is 17.6 Å². The van der Waals surface area contributed by atoms with Crippen molar-refractivity contribution in [3.8, 4) is 0 Å². The lowest BCUT2D eigenvalue weighted by molar-refractivity contribution is -0.387. The smallest absolute Gasteiger partial charge is 0.341 e. The maximum Gasteiger partial charge on any atom is 0.341 e. The summed E-state index contributed by atoms with van der Waals surface area (Å²) in [4.78, 5) is 20.8. The molecule has 0 aliphatic rings. The van der Waals surface area contributed by atoms with E-state index in [1.165, 1.54) is 0 Å². The lowest BCUT2D eigenvalue weighted by atomic mass is 10.1. The van der Waals surface area contributed by atoms with Crippen molar-refractivity contribution in [2.75, 3.05) is 6.61 Å². The van der Waals surface area contributed by atoms with Crippen LogP contribution in [0, 0.1) is 27.7 Å². The molecule has 0 amide bonds. The highest BCUT2D eigenvalue weighted by molar-refractivity contribution is 5.90. The second-order valence-electron chi connectivity index (χ2n) is 4.04. The number of carbonyl (C=O) groups is 1. The largest absolute Gasteiger partial charge is 0.462 e. The van der Waals surface area contributed by atoms with Gasteiger partial charge < -0.3 is 4.74 Å². The summed E-state index contributed by atoms with van der Waals surface area (Å²) in [5.41, 5.74) is -1.87. The van der Waals surface area contributed by atoms with Gasteiger partial charge in [0.2, 0.25) is 5.82 Å². The van der Waals surface area contributed by atoms with Crippen LogP contribution in [-0.2, 0) is 4.74 Å². The third-order valence-corrected chi connectivity index (χ3v) is 1.98. The van der Waals surface area contributed by atoms with Crippen molar-refractivity contribution in [2.45, 2.75) is 13.8 Å². The number of nitro benzene ring substituents is 1. The van der Waals surface area contributed by atoms with Crippen LogP contribution in [0.15, 0.2) is 12.1 Å². The van der Waals surface area contributed by atoms with E-state index in [2.05, 4.69) is 0 Å². The Morgan fingerprint density at radius 2 is 2.06 bits per heavy atom. The van der Waals surface area contributed by atoms with Gasteiger partial charge in [0.1, 0.15) is 11.4 Å². The Morgan fingerprint density at radius 3 is 2.56 bits per heavy atom. The van der Waals surface area contributed by atoms with Crippen molar-refractivity contribution in [1.29, 1.82) is 0 Å². The molecule has 0 bridgehead atoms. The summed E-state index contributed by atoms with van der Waals surface area (Å²) in [6.07, 6.45) is 0. The van der Waals surface area contributed by atoms with Gasteiger partial charge in [-0.25, -0.2) is 9.18 Å². The Balaban J connectivity index is 3.09. The van der Waals surface area contributed by atoms with Gasteiger partial charge >= 0.3 is 11.7 Å². The molecule has 0 unspecified atom stereocenters. The van der Waals surface area contributed by atoms with Crippen LogP contribution in [0.4, 0.5) is 14.5 Å². The van der Waals surface area contributed by atoms with Crippen molar-refractivity contribution in [1.82, 2.24) is 0 Å². The Hall–Kier alpha value is -2.05. The fraction of sp³-hybridized carbons (Fsp3) is 0.364. The zero-order chi connectivity index (χ0) is 13.9. The summed E-state index contributed by atoms with van der Waals surface area (Å²) in [6, 6.07) is 0.986.